The van der Waals surface area contributed by atoms with Gasteiger partial charge in [0, 0.05) is 36.8 Å². The molecule has 1 saturated heterocycles. The number of esters is 1. The van der Waals surface area contributed by atoms with Gasteiger partial charge in [0.25, 0.3) is 0 Å². The molecule has 0 saturated carbocycles. The third-order valence-corrected chi connectivity index (χ3v) is 8.97. The second-order valence-corrected chi connectivity index (χ2v) is 12.1. The molecule has 3 aromatic carbocycles. The van der Waals surface area contributed by atoms with E-state index in [0.717, 1.165) is 46.0 Å². The maximum absolute atomic E-state index is 13.0. The van der Waals surface area contributed by atoms with Crippen LogP contribution in [0.15, 0.2) is 116 Å². The number of hydrogen-bond acceptors (Lipinski definition) is 6. The van der Waals surface area contributed by atoms with Gasteiger partial charge in [-0.05, 0) is 42.7 Å². The first-order valence-electron chi connectivity index (χ1n) is 16.1. The van der Waals surface area contributed by atoms with Gasteiger partial charge in [-0.15, -0.1) is 0 Å². The normalized spacial score (nSPS) is 14.0. The monoisotopic (exact) mass is 626 g/mol. The summed E-state index contributed by atoms with van der Waals surface area (Å²) >= 11 is 0. The van der Waals surface area contributed by atoms with Crippen molar-refractivity contribution < 1.29 is 19.0 Å². The Kier molecular flexibility index (Phi) is 8.35. The number of fused-ring (bicyclic) bond motifs is 1. The van der Waals surface area contributed by atoms with Crippen LogP contribution < -0.4 is 4.74 Å². The highest BCUT2D eigenvalue weighted by Crippen LogP contribution is 2.45. The van der Waals surface area contributed by atoms with Crippen molar-refractivity contribution >= 4 is 16.9 Å². The molecule has 7 rings (SSSR count). The van der Waals surface area contributed by atoms with Crippen LogP contribution in [0.4, 0.5) is 0 Å². The molecule has 1 aliphatic heterocycles. The Bertz CT molecular complexity index is 1880. The van der Waals surface area contributed by atoms with Gasteiger partial charge in [0.15, 0.2) is 0 Å². The van der Waals surface area contributed by atoms with Crippen LogP contribution in [0.2, 0.25) is 0 Å². The Morgan fingerprint density at radius 3 is 1.98 bits per heavy atom. The first-order valence-corrected chi connectivity index (χ1v) is 16.1. The standard InChI is InChI=1S/C39H38N4O4/c1-27(2)42-26-28(25-34(42)38(44)45-3)36-35-33(19-22-40-37(35)47-32-20-23-46-24-21-32)43(41-36)39(29-13-7-4-8-14-29,30-15-9-5-10-16-30)31-17-11-6-12-18-31/h4-19,22,25-27,32H,20-21,23-24H2,1-3H3. The van der Waals surface area contributed by atoms with Crippen LogP contribution in [-0.4, -0.2) is 51.7 Å². The lowest BCUT2D eigenvalue weighted by Crippen LogP contribution is -2.38. The fraction of sp³-hybridized carbons (Fsp3) is 0.256. The summed E-state index contributed by atoms with van der Waals surface area (Å²) < 4.78 is 21.5. The molecule has 0 spiro atoms. The van der Waals surface area contributed by atoms with Crippen molar-refractivity contribution in [2.75, 3.05) is 20.3 Å². The summed E-state index contributed by atoms with van der Waals surface area (Å²) in [4.78, 5) is 17.8. The zero-order valence-electron chi connectivity index (χ0n) is 26.9. The minimum atomic E-state index is -0.872. The minimum absolute atomic E-state index is 0.0133. The molecule has 6 aromatic rings. The second kappa shape index (κ2) is 12.9. The quantitative estimate of drug-likeness (QED) is 0.121. The molecule has 0 aliphatic carbocycles. The Labute approximate surface area is 274 Å². The lowest BCUT2D eigenvalue weighted by Gasteiger charge is -2.37. The van der Waals surface area contributed by atoms with E-state index in [1.54, 1.807) is 6.20 Å². The van der Waals surface area contributed by atoms with Crippen molar-refractivity contribution in [3.05, 3.63) is 138 Å². The van der Waals surface area contributed by atoms with Gasteiger partial charge in [-0.25, -0.2) is 14.5 Å². The minimum Gasteiger partial charge on any atom is -0.474 e. The molecule has 0 amide bonds. The summed E-state index contributed by atoms with van der Waals surface area (Å²) in [5.41, 5.74) is 5.03. The molecule has 0 atom stereocenters. The topological polar surface area (TPSA) is 80.4 Å². The van der Waals surface area contributed by atoms with E-state index in [2.05, 4.69) is 77.5 Å². The van der Waals surface area contributed by atoms with Gasteiger partial charge in [0.2, 0.25) is 5.88 Å². The summed E-state index contributed by atoms with van der Waals surface area (Å²) in [6.45, 7) is 5.37. The highest BCUT2D eigenvalue weighted by atomic mass is 16.5. The number of hydrogen-bond donors (Lipinski definition) is 0. The SMILES string of the molecule is COC(=O)c1cc(-c2nn(C(c3ccccc3)(c3ccccc3)c3ccccc3)c3ccnc(OC4CCOCC4)c23)cn1C(C)C. The molecule has 1 fully saturated rings. The number of pyridine rings is 1. The fourth-order valence-corrected chi connectivity index (χ4v) is 6.74. The van der Waals surface area contributed by atoms with E-state index in [9.17, 15) is 4.79 Å². The summed E-state index contributed by atoms with van der Waals surface area (Å²) in [5, 5.41) is 6.30. The molecule has 4 heterocycles. The highest BCUT2D eigenvalue weighted by molar-refractivity contribution is 5.99. The van der Waals surface area contributed by atoms with Crippen molar-refractivity contribution in [3.8, 4) is 17.1 Å². The van der Waals surface area contributed by atoms with Crippen LogP contribution in [0.5, 0.6) is 5.88 Å². The van der Waals surface area contributed by atoms with Crippen LogP contribution in [0.3, 0.4) is 0 Å². The van der Waals surface area contributed by atoms with Crippen molar-refractivity contribution in [1.29, 1.82) is 0 Å². The summed E-state index contributed by atoms with van der Waals surface area (Å²) in [6.07, 6.45) is 5.29. The van der Waals surface area contributed by atoms with Crippen molar-refractivity contribution in [2.45, 2.75) is 44.4 Å². The van der Waals surface area contributed by atoms with Gasteiger partial charge in [0.1, 0.15) is 23.0 Å². The number of carbonyl (C=O) groups is 1. The number of aromatic nitrogens is 4. The Balaban J connectivity index is 1.59. The zero-order chi connectivity index (χ0) is 32.4. The number of nitrogens with zero attached hydrogens (tertiary/aromatic N) is 4. The van der Waals surface area contributed by atoms with E-state index in [4.69, 9.17) is 24.3 Å². The second-order valence-electron chi connectivity index (χ2n) is 12.1. The van der Waals surface area contributed by atoms with Gasteiger partial charge in [-0.1, -0.05) is 91.0 Å². The van der Waals surface area contributed by atoms with Gasteiger partial charge >= 0.3 is 5.97 Å². The van der Waals surface area contributed by atoms with E-state index in [-0.39, 0.29) is 12.1 Å². The van der Waals surface area contributed by atoms with Gasteiger partial charge < -0.3 is 18.8 Å². The van der Waals surface area contributed by atoms with Gasteiger partial charge in [-0.2, -0.15) is 5.10 Å². The van der Waals surface area contributed by atoms with Gasteiger partial charge in [0.05, 0.1) is 31.2 Å². The number of methoxy groups -OCH3 is 1. The molecule has 0 radical (unpaired) electrons. The highest BCUT2D eigenvalue weighted by Gasteiger charge is 2.42. The van der Waals surface area contributed by atoms with E-state index >= 15 is 0 Å². The molecule has 8 nitrogen and oxygen atoms in total. The number of ether oxygens (including phenoxy) is 3. The molecule has 3 aromatic heterocycles. The average Bonchev–Trinajstić information content (AvgIpc) is 3.74. The number of carbonyl (C=O) groups excluding carboxylic acids is 1. The first kappa shape index (κ1) is 30.4. The molecule has 47 heavy (non-hydrogen) atoms. The zero-order valence-corrected chi connectivity index (χ0v) is 26.9. The number of rotatable bonds is 9. The van der Waals surface area contributed by atoms with E-state index in [0.29, 0.717) is 30.5 Å². The molecule has 238 valence electrons. The largest absolute Gasteiger partial charge is 0.474 e. The Morgan fingerprint density at radius 2 is 1.45 bits per heavy atom. The molecule has 0 unspecified atom stereocenters. The lowest BCUT2D eigenvalue weighted by molar-refractivity contribution is 0.0244. The summed E-state index contributed by atoms with van der Waals surface area (Å²) in [6, 6.07) is 35.3. The van der Waals surface area contributed by atoms with Crippen LogP contribution in [0.1, 0.15) is 59.9 Å². The van der Waals surface area contributed by atoms with Crippen molar-refractivity contribution in [1.82, 2.24) is 19.3 Å². The third-order valence-electron chi connectivity index (χ3n) is 8.97. The molecular weight excluding hydrogens is 588 g/mol. The molecule has 8 heteroatoms. The Morgan fingerprint density at radius 1 is 0.872 bits per heavy atom. The first-order chi connectivity index (χ1) is 23.0. The number of benzene rings is 3. The van der Waals surface area contributed by atoms with Gasteiger partial charge in [-0.3, -0.25) is 0 Å². The maximum Gasteiger partial charge on any atom is 0.354 e. The maximum atomic E-state index is 13.0. The smallest absolute Gasteiger partial charge is 0.354 e. The predicted octanol–water partition coefficient (Wildman–Crippen LogP) is 7.67. The van der Waals surface area contributed by atoms with E-state index < -0.39 is 11.5 Å². The van der Waals surface area contributed by atoms with E-state index in [1.165, 1.54) is 7.11 Å². The molecule has 1 aliphatic rings. The predicted molar refractivity (Wildman–Crippen MR) is 182 cm³/mol. The third kappa shape index (κ3) is 5.38. The Hall–Kier alpha value is -5.21. The molecule has 0 bridgehead atoms. The van der Waals surface area contributed by atoms with Crippen LogP contribution in [-0.2, 0) is 15.0 Å². The van der Waals surface area contributed by atoms with E-state index in [1.807, 2.05) is 54.9 Å². The van der Waals surface area contributed by atoms with Crippen molar-refractivity contribution in [3.63, 3.8) is 0 Å². The molecular formula is C39H38N4O4. The fourth-order valence-electron chi connectivity index (χ4n) is 6.74. The van der Waals surface area contributed by atoms with Crippen molar-refractivity contribution in [2.24, 2.45) is 0 Å². The molecule has 0 N–H and O–H groups in total. The average molecular weight is 627 g/mol. The summed E-state index contributed by atoms with van der Waals surface area (Å²) in [7, 11) is 1.40. The lowest BCUT2D eigenvalue weighted by atomic mass is 9.77. The van der Waals surface area contributed by atoms with Crippen LogP contribution in [0.25, 0.3) is 22.2 Å². The van der Waals surface area contributed by atoms with Crippen LogP contribution >= 0.6 is 0 Å². The van der Waals surface area contributed by atoms with Crippen LogP contribution in [0, 0.1) is 0 Å². The summed E-state index contributed by atoms with van der Waals surface area (Å²) in [5.74, 6) is 0.105.